The van der Waals surface area contributed by atoms with Gasteiger partial charge in [0.1, 0.15) is 0 Å². The van der Waals surface area contributed by atoms with E-state index in [1.54, 1.807) is 0 Å². The summed E-state index contributed by atoms with van der Waals surface area (Å²) in [5, 5.41) is 6.12. The molecule has 1 aliphatic carbocycles. The average molecular weight is 232 g/mol. The molecule has 0 saturated heterocycles. The predicted molar refractivity (Wildman–Crippen MR) is 69.8 cm³/mol. The number of benzene rings is 1. The summed E-state index contributed by atoms with van der Waals surface area (Å²) in [7, 11) is 1.91. The zero-order chi connectivity index (χ0) is 12.1. The summed E-state index contributed by atoms with van der Waals surface area (Å²) in [6.45, 7) is 0.778. The molecule has 2 rings (SSSR count). The molecule has 0 aromatic heterocycles. The van der Waals surface area contributed by atoms with Gasteiger partial charge in [0.15, 0.2) is 0 Å². The zero-order valence-corrected chi connectivity index (χ0v) is 10.3. The van der Waals surface area contributed by atoms with E-state index in [1.807, 2.05) is 31.3 Å². The Kier molecular flexibility index (Phi) is 4.15. The summed E-state index contributed by atoms with van der Waals surface area (Å²) in [5.41, 5.74) is 2.07. The molecule has 0 bridgehead atoms. The molecule has 1 aromatic rings. The molecule has 3 heteroatoms. The fourth-order valence-electron chi connectivity index (χ4n) is 2.15. The molecule has 1 aliphatic rings. The van der Waals surface area contributed by atoms with Crippen LogP contribution in [0.3, 0.4) is 0 Å². The van der Waals surface area contributed by atoms with Crippen LogP contribution in [0.4, 0.5) is 5.69 Å². The molecule has 1 saturated carbocycles. The molecule has 0 atom stereocenters. The van der Waals surface area contributed by atoms with Crippen molar-refractivity contribution in [1.29, 1.82) is 0 Å². The first kappa shape index (κ1) is 12.1. The van der Waals surface area contributed by atoms with E-state index in [4.69, 9.17) is 0 Å². The maximum atomic E-state index is 11.8. The lowest BCUT2D eigenvalue weighted by Crippen LogP contribution is -2.21. The molecule has 0 heterocycles. The SMILES string of the molecule is CNCc1ccccc1NC(=O)CC1CCC1. The summed E-state index contributed by atoms with van der Waals surface area (Å²) in [6.07, 6.45) is 4.39. The number of para-hydroxylation sites is 1. The first-order valence-corrected chi connectivity index (χ1v) is 6.32. The second-order valence-corrected chi connectivity index (χ2v) is 4.74. The molecule has 0 unspecified atom stereocenters. The van der Waals surface area contributed by atoms with E-state index in [2.05, 4.69) is 10.6 Å². The Labute approximate surface area is 103 Å². The quantitative estimate of drug-likeness (QED) is 0.819. The molecular weight excluding hydrogens is 212 g/mol. The molecule has 17 heavy (non-hydrogen) atoms. The van der Waals surface area contributed by atoms with Gasteiger partial charge in [-0.15, -0.1) is 0 Å². The molecule has 92 valence electrons. The van der Waals surface area contributed by atoms with Gasteiger partial charge in [-0.1, -0.05) is 24.6 Å². The Bertz CT molecular complexity index is 386. The summed E-state index contributed by atoms with van der Waals surface area (Å²) < 4.78 is 0. The van der Waals surface area contributed by atoms with Crippen LogP contribution in [0.5, 0.6) is 0 Å². The third-order valence-electron chi connectivity index (χ3n) is 3.36. The minimum atomic E-state index is 0.151. The smallest absolute Gasteiger partial charge is 0.224 e. The summed E-state index contributed by atoms with van der Waals surface area (Å²) >= 11 is 0. The number of hydrogen-bond donors (Lipinski definition) is 2. The average Bonchev–Trinajstić information content (AvgIpc) is 2.27. The van der Waals surface area contributed by atoms with Gasteiger partial charge in [-0.25, -0.2) is 0 Å². The van der Waals surface area contributed by atoms with Crippen molar-refractivity contribution in [1.82, 2.24) is 5.32 Å². The Hall–Kier alpha value is -1.35. The lowest BCUT2D eigenvalue weighted by molar-refractivity contribution is -0.117. The Morgan fingerprint density at radius 2 is 2.12 bits per heavy atom. The van der Waals surface area contributed by atoms with Crippen LogP contribution >= 0.6 is 0 Å². The highest BCUT2D eigenvalue weighted by Gasteiger charge is 2.20. The summed E-state index contributed by atoms with van der Waals surface area (Å²) in [5.74, 6) is 0.768. The summed E-state index contributed by atoms with van der Waals surface area (Å²) in [6, 6.07) is 7.95. The van der Waals surface area contributed by atoms with Crippen molar-refractivity contribution < 1.29 is 4.79 Å². The van der Waals surface area contributed by atoms with Crippen molar-refractivity contribution in [2.45, 2.75) is 32.2 Å². The van der Waals surface area contributed by atoms with E-state index in [-0.39, 0.29) is 5.91 Å². The van der Waals surface area contributed by atoms with Crippen LogP contribution in [0.15, 0.2) is 24.3 Å². The topological polar surface area (TPSA) is 41.1 Å². The second-order valence-electron chi connectivity index (χ2n) is 4.74. The van der Waals surface area contributed by atoms with Crippen molar-refractivity contribution >= 4 is 11.6 Å². The molecule has 3 nitrogen and oxygen atoms in total. The van der Waals surface area contributed by atoms with Crippen molar-refractivity contribution in [2.75, 3.05) is 12.4 Å². The zero-order valence-electron chi connectivity index (χ0n) is 10.3. The Balaban J connectivity index is 1.94. The van der Waals surface area contributed by atoms with Crippen molar-refractivity contribution in [3.05, 3.63) is 29.8 Å². The number of amides is 1. The minimum Gasteiger partial charge on any atom is -0.326 e. The highest BCUT2D eigenvalue weighted by molar-refractivity contribution is 5.91. The van der Waals surface area contributed by atoms with Crippen LogP contribution in [-0.4, -0.2) is 13.0 Å². The standard InChI is InChI=1S/C14H20N2O/c1-15-10-12-7-2-3-8-13(12)16-14(17)9-11-5-4-6-11/h2-3,7-8,11,15H,4-6,9-10H2,1H3,(H,16,17). The highest BCUT2D eigenvalue weighted by atomic mass is 16.1. The van der Waals surface area contributed by atoms with E-state index >= 15 is 0 Å². The normalized spacial score (nSPS) is 15.4. The molecule has 2 N–H and O–H groups in total. The van der Waals surface area contributed by atoms with Gasteiger partial charge in [0.25, 0.3) is 0 Å². The highest BCUT2D eigenvalue weighted by Crippen LogP contribution is 2.29. The first-order chi connectivity index (χ1) is 8.29. The van der Waals surface area contributed by atoms with E-state index in [0.29, 0.717) is 12.3 Å². The molecule has 0 aliphatic heterocycles. The molecule has 0 spiro atoms. The number of rotatable bonds is 5. The number of anilines is 1. The number of carbonyl (C=O) groups is 1. The van der Waals surface area contributed by atoms with Crippen molar-refractivity contribution in [3.63, 3.8) is 0 Å². The van der Waals surface area contributed by atoms with E-state index < -0.39 is 0 Å². The van der Waals surface area contributed by atoms with E-state index in [1.165, 1.54) is 19.3 Å². The number of carbonyl (C=O) groups excluding carboxylic acids is 1. The molecule has 1 amide bonds. The van der Waals surface area contributed by atoms with Gasteiger partial charge in [0.2, 0.25) is 5.91 Å². The van der Waals surface area contributed by atoms with Gasteiger partial charge in [-0.3, -0.25) is 4.79 Å². The second kappa shape index (κ2) is 5.82. The van der Waals surface area contributed by atoms with Crippen molar-refractivity contribution in [3.8, 4) is 0 Å². The Morgan fingerprint density at radius 3 is 2.76 bits per heavy atom. The van der Waals surface area contributed by atoms with Crippen molar-refractivity contribution in [2.24, 2.45) is 5.92 Å². The third-order valence-corrected chi connectivity index (χ3v) is 3.36. The van der Waals surface area contributed by atoms with E-state index in [0.717, 1.165) is 17.8 Å². The van der Waals surface area contributed by atoms with Crippen LogP contribution in [-0.2, 0) is 11.3 Å². The van der Waals surface area contributed by atoms with Crippen LogP contribution in [0.2, 0.25) is 0 Å². The van der Waals surface area contributed by atoms with Gasteiger partial charge in [0, 0.05) is 18.7 Å². The predicted octanol–water partition coefficient (Wildman–Crippen LogP) is 2.53. The van der Waals surface area contributed by atoms with Crippen LogP contribution in [0.1, 0.15) is 31.2 Å². The Morgan fingerprint density at radius 1 is 1.35 bits per heavy atom. The molecule has 1 fully saturated rings. The van der Waals surface area contributed by atoms with Gasteiger partial charge in [-0.2, -0.15) is 0 Å². The van der Waals surface area contributed by atoms with Crippen LogP contribution in [0, 0.1) is 5.92 Å². The maximum Gasteiger partial charge on any atom is 0.224 e. The van der Waals surface area contributed by atoms with Crippen LogP contribution in [0.25, 0.3) is 0 Å². The van der Waals surface area contributed by atoms with E-state index in [9.17, 15) is 4.79 Å². The maximum absolute atomic E-state index is 11.8. The lowest BCUT2D eigenvalue weighted by atomic mass is 9.83. The van der Waals surface area contributed by atoms with Gasteiger partial charge < -0.3 is 10.6 Å². The summed E-state index contributed by atoms with van der Waals surface area (Å²) in [4.78, 5) is 11.8. The van der Waals surface area contributed by atoms with Gasteiger partial charge in [0.05, 0.1) is 0 Å². The van der Waals surface area contributed by atoms with Crippen LogP contribution < -0.4 is 10.6 Å². The number of nitrogens with one attached hydrogen (secondary N) is 2. The third kappa shape index (κ3) is 3.30. The minimum absolute atomic E-state index is 0.151. The molecular formula is C14H20N2O. The number of hydrogen-bond acceptors (Lipinski definition) is 2. The first-order valence-electron chi connectivity index (χ1n) is 6.32. The monoisotopic (exact) mass is 232 g/mol. The van der Waals surface area contributed by atoms with Gasteiger partial charge >= 0.3 is 0 Å². The fraction of sp³-hybridized carbons (Fsp3) is 0.500. The largest absolute Gasteiger partial charge is 0.326 e. The van der Waals surface area contributed by atoms with Gasteiger partial charge in [-0.05, 0) is 37.4 Å². The molecule has 0 radical (unpaired) electrons. The fourth-order valence-corrected chi connectivity index (χ4v) is 2.15. The lowest BCUT2D eigenvalue weighted by Gasteiger charge is -2.24. The molecule has 1 aromatic carbocycles.